The highest BCUT2D eigenvalue weighted by molar-refractivity contribution is 6.42. The number of carbonyl (C=O) groups is 2. The second kappa shape index (κ2) is 6.65. The van der Waals surface area contributed by atoms with Crippen molar-refractivity contribution in [2.45, 2.75) is 25.8 Å². The molecule has 1 atom stereocenters. The van der Waals surface area contributed by atoms with E-state index in [-0.39, 0.29) is 11.9 Å². The molecule has 0 unspecified atom stereocenters. The highest BCUT2D eigenvalue weighted by atomic mass is 35.5. The molecule has 0 aliphatic carbocycles. The van der Waals surface area contributed by atoms with Crippen molar-refractivity contribution in [3.63, 3.8) is 0 Å². The summed E-state index contributed by atoms with van der Waals surface area (Å²) in [7, 11) is 1.68. The molecule has 0 saturated heterocycles. The van der Waals surface area contributed by atoms with Crippen molar-refractivity contribution in [3.05, 3.63) is 45.1 Å². The molecule has 0 fully saturated rings. The quantitative estimate of drug-likeness (QED) is 0.883. The Bertz CT molecular complexity index is 733. The van der Waals surface area contributed by atoms with Crippen molar-refractivity contribution in [1.82, 2.24) is 15.1 Å². The van der Waals surface area contributed by atoms with Crippen LogP contribution in [0, 0.1) is 0 Å². The molecule has 1 aromatic carbocycles. The Hall–Kier alpha value is -1.72. The first-order valence-electron chi connectivity index (χ1n) is 7.96. The second-order valence-electron chi connectivity index (χ2n) is 6.03. The van der Waals surface area contributed by atoms with Gasteiger partial charge in [-0.3, -0.25) is 9.69 Å². The zero-order chi connectivity index (χ0) is 17.4. The third kappa shape index (κ3) is 2.76. The molecule has 5 nitrogen and oxygen atoms in total. The van der Waals surface area contributed by atoms with E-state index in [4.69, 9.17) is 23.2 Å². The number of hydrogen-bond acceptors (Lipinski definition) is 2. The topological polar surface area (TPSA) is 52.7 Å². The summed E-state index contributed by atoms with van der Waals surface area (Å²) in [6, 6.07) is 4.41. The van der Waals surface area contributed by atoms with Crippen LogP contribution in [0.25, 0.3) is 0 Å². The van der Waals surface area contributed by atoms with Crippen LogP contribution in [-0.4, -0.2) is 41.9 Å². The molecule has 2 heterocycles. The summed E-state index contributed by atoms with van der Waals surface area (Å²) in [6.07, 6.45) is 1.94. The maximum absolute atomic E-state index is 12.9. The van der Waals surface area contributed by atoms with E-state index in [1.165, 1.54) is 4.90 Å². The number of carbonyl (C=O) groups excluding carboxylic acids is 2. The molecular formula is C17H19Cl2N3O2. The Labute approximate surface area is 151 Å². The van der Waals surface area contributed by atoms with Crippen LogP contribution in [0.4, 0.5) is 4.79 Å². The molecule has 2 aliphatic rings. The number of hydrogen-bond donors (Lipinski definition) is 1. The molecule has 0 bridgehead atoms. The van der Waals surface area contributed by atoms with Crippen molar-refractivity contribution in [1.29, 1.82) is 0 Å². The van der Waals surface area contributed by atoms with Gasteiger partial charge in [0.05, 0.1) is 33.9 Å². The van der Waals surface area contributed by atoms with Crippen LogP contribution in [0.3, 0.4) is 0 Å². The molecule has 3 amide bonds. The summed E-state index contributed by atoms with van der Waals surface area (Å²) >= 11 is 12.4. The van der Waals surface area contributed by atoms with E-state index in [2.05, 4.69) is 12.2 Å². The number of benzene rings is 1. The van der Waals surface area contributed by atoms with Crippen molar-refractivity contribution in [2.75, 3.05) is 20.1 Å². The minimum atomic E-state index is -0.575. The first-order valence-corrected chi connectivity index (χ1v) is 8.71. The molecule has 1 N–H and O–H groups in total. The van der Waals surface area contributed by atoms with Crippen LogP contribution in [-0.2, 0) is 4.79 Å². The maximum atomic E-state index is 12.9. The van der Waals surface area contributed by atoms with Crippen molar-refractivity contribution >= 4 is 35.1 Å². The van der Waals surface area contributed by atoms with Gasteiger partial charge >= 0.3 is 6.03 Å². The summed E-state index contributed by atoms with van der Waals surface area (Å²) in [5, 5.41) is 3.63. The van der Waals surface area contributed by atoms with E-state index < -0.39 is 6.04 Å². The van der Waals surface area contributed by atoms with Crippen molar-refractivity contribution in [2.24, 2.45) is 0 Å². The average molecular weight is 368 g/mol. The van der Waals surface area contributed by atoms with Gasteiger partial charge in [0, 0.05) is 13.6 Å². The first-order chi connectivity index (χ1) is 11.5. The van der Waals surface area contributed by atoms with E-state index in [1.54, 1.807) is 30.1 Å². The van der Waals surface area contributed by atoms with Crippen LogP contribution < -0.4 is 5.32 Å². The van der Waals surface area contributed by atoms with Gasteiger partial charge < -0.3 is 10.2 Å². The van der Waals surface area contributed by atoms with Crippen molar-refractivity contribution < 1.29 is 9.59 Å². The van der Waals surface area contributed by atoms with Crippen LogP contribution >= 0.6 is 23.2 Å². The third-order valence-corrected chi connectivity index (χ3v) is 5.34. The Kier molecular flexibility index (Phi) is 4.74. The first kappa shape index (κ1) is 17.1. The molecule has 2 aliphatic heterocycles. The predicted molar refractivity (Wildman–Crippen MR) is 94.0 cm³/mol. The van der Waals surface area contributed by atoms with E-state index >= 15 is 0 Å². The van der Waals surface area contributed by atoms with E-state index in [9.17, 15) is 9.59 Å². The van der Waals surface area contributed by atoms with E-state index in [0.29, 0.717) is 34.3 Å². The Morgan fingerprint density at radius 2 is 2.04 bits per heavy atom. The summed E-state index contributed by atoms with van der Waals surface area (Å²) in [6.45, 7) is 3.22. The summed E-state index contributed by atoms with van der Waals surface area (Å²) in [5.41, 5.74) is 1.96. The highest BCUT2D eigenvalue weighted by Gasteiger charge is 2.43. The van der Waals surface area contributed by atoms with Gasteiger partial charge in [-0.2, -0.15) is 0 Å². The number of likely N-dealkylation sites (N-methyl/N-ethyl adjacent to an activating group) is 1. The number of nitrogens with zero attached hydrogens (tertiary/aromatic N) is 2. The SMILES string of the molecule is CCCCN1CC2=C(C1=O)[C@@H](c1cccc(Cl)c1Cl)NC(=O)N2C. The maximum Gasteiger partial charge on any atom is 0.322 e. The largest absolute Gasteiger partial charge is 0.333 e. The second-order valence-corrected chi connectivity index (χ2v) is 6.81. The highest BCUT2D eigenvalue weighted by Crippen LogP contribution is 2.39. The fraction of sp³-hybridized carbons (Fsp3) is 0.412. The van der Waals surface area contributed by atoms with Gasteiger partial charge in [-0.15, -0.1) is 0 Å². The molecule has 0 spiro atoms. The van der Waals surface area contributed by atoms with Gasteiger partial charge in [-0.25, -0.2) is 4.79 Å². The molecular weight excluding hydrogens is 349 g/mol. The smallest absolute Gasteiger partial charge is 0.322 e. The number of urea groups is 1. The number of nitrogens with one attached hydrogen (secondary N) is 1. The predicted octanol–water partition coefficient (Wildman–Crippen LogP) is 3.59. The van der Waals surface area contributed by atoms with Crippen LogP contribution in [0.15, 0.2) is 29.5 Å². The minimum Gasteiger partial charge on any atom is -0.333 e. The van der Waals surface area contributed by atoms with E-state index in [0.717, 1.165) is 18.5 Å². The lowest BCUT2D eigenvalue weighted by Gasteiger charge is -2.31. The van der Waals surface area contributed by atoms with Crippen LogP contribution in [0.5, 0.6) is 0 Å². The van der Waals surface area contributed by atoms with Gasteiger partial charge in [0.25, 0.3) is 5.91 Å². The Morgan fingerprint density at radius 3 is 2.75 bits per heavy atom. The van der Waals surface area contributed by atoms with Gasteiger partial charge in [0.15, 0.2) is 0 Å². The lowest BCUT2D eigenvalue weighted by Crippen LogP contribution is -2.45. The van der Waals surface area contributed by atoms with Gasteiger partial charge in [-0.05, 0) is 18.1 Å². The van der Waals surface area contributed by atoms with Gasteiger partial charge in [0.2, 0.25) is 0 Å². The summed E-state index contributed by atoms with van der Waals surface area (Å²) in [5.74, 6) is -0.0497. The average Bonchev–Trinajstić information content (AvgIpc) is 2.89. The molecule has 0 saturated carbocycles. The number of amides is 3. The fourth-order valence-electron chi connectivity index (χ4n) is 3.13. The number of halogens is 2. The van der Waals surface area contributed by atoms with Gasteiger partial charge in [-0.1, -0.05) is 48.7 Å². The third-order valence-electron chi connectivity index (χ3n) is 4.51. The molecule has 128 valence electrons. The van der Waals surface area contributed by atoms with Crippen molar-refractivity contribution in [3.8, 4) is 0 Å². The fourth-order valence-corrected chi connectivity index (χ4v) is 3.55. The van der Waals surface area contributed by atoms with Gasteiger partial charge in [0.1, 0.15) is 0 Å². The molecule has 7 heteroatoms. The zero-order valence-electron chi connectivity index (χ0n) is 13.6. The van der Waals surface area contributed by atoms with E-state index in [1.807, 2.05) is 0 Å². The Balaban J connectivity index is 2.03. The minimum absolute atomic E-state index is 0.0497. The lowest BCUT2D eigenvalue weighted by molar-refractivity contribution is -0.125. The normalized spacial score (nSPS) is 20.6. The molecule has 3 rings (SSSR count). The molecule has 0 radical (unpaired) electrons. The zero-order valence-corrected chi connectivity index (χ0v) is 15.1. The molecule has 24 heavy (non-hydrogen) atoms. The number of unbranched alkanes of at least 4 members (excludes halogenated alkanes) is 1. The lowest BCUT2D eigenvalue weighted by atomic mass is 9.95. The molecule has 0 aromatic heterocycles. The summed E-state index contributed by atoms with van der Waals surface area (Å²) in [4.78, 5) is 28.5. The Morgan fingerprint density at radius 1 is 1.29 bits per heavy atom. The van der Waals surface area contributed by atoms with Crippen LogP contribution in [0.1, 0.15) is 31.4 Å². The molecule has 1 aromatic rings. The number of rotatable bonds is 4. The van der Waals surface area contributed by atoms with Crippen LogP contribution in [0.2, 0.25) is 10.0 Å². The summed E-state index contributed by atoms with van der Waals surface area (Å²) < 4.78 is 0. The monoisotopic (exact) mass is 367 g/mol. The standard InChI is InChI=1S/C17H19Cl2N3O2/c1-3-4-8-22-9-12-13(16(22)23)15(20-17(24)21(12)2)10-6-5-7-11(18)14(10)19/h5-7,15H,3-4,8-9H2,1-2H3,(H,20,24)/t15-/m1/s1.